The number of aromatic carboxylic acids is 1. The zero-order chi connectivity index (χ0) is 8.55. The lowest BCUT2D eigenvalue weighted by molar-refractivity contribution is 0.0691. The van der Waals surface area contributed by atoms with Crippen LogP contribution in [0, 0.1) is 0 Å². The lowest BCUT2D eigenvalue weighted by Crippen LogP contribution is -1.94. The second-order valence-electron chi connectivity index (χ2n) is 2.31. The van der Waals surface area contributed by atoms with E-state index in [1.807, 2.05) is 0 Å². The third kappa shape index (κ3) is 0.914. The standard InChI is InChI=1S/C7H5N3O2/c11-7(12)5-1-4-6(10-5)2-8-3-9-4/h1-3,10H,(H,11,12). The highest BCUT2D eigenvalue weighted by Crippen LogP contribution is 2.09. The number of fused-ring (bicyclic) bond motifs is 1. The Morgan fingerprint density at radius 2 is 2.42 bits per heavy atom. The molecule has 0 aliphatic heterocycles. The minimum absolute atomic E-state index is 0.130. The van der Waals surface area contributed by atoms with E-state index in [4.69, 9.17) is 5.11 Å². The predicted octanol–water partition coefficient (Wildman–Crippen LogP) is 0.656. The number of hydrogen-bond acceptors (Lipinski definition) is 3. The SMILES string of the molecule is O=C(O)c1cc2ncncc2[nH]1. The number of aromatic nitrogens is 3. The zero-order valence-electron chi connectivity index (χ0n) is 5.98. The van der Waals surface area contributed by atoms with Crippen molar-refractivity contribution in [3.8, 4) is 0 Å². The van der Waals surface area contributed by atoms with E-state index in [0.717, 1.165) is 0 Å². The highest BCUT2D eigenvalue weighted by Gasteiger charge is 2.06. The molecule has 5 nitrogen and oxygen atoms in total. The van der Waals surface area contributed by atoms with Gasteiger partial charge in [-0.15, -0.1) is 0 Å². The molecule has 60 valence electrons. The summed E-state index contributed by atoms with van der Waals surface area (Å²) in [5, 5.41) is 8.61. The van der Waals surface area contributed by atoms with E-state index in [0.29, 0.717) is 11.0 Å². The monoisotopic (exact) mass is 163 g/mol. The van der Waals surface area contributed by atoms with E-state index in [9.17, 15) is 4.79 Å². The maximum absolute atomic E-state index is 10.5. The molecule has 0 spiro atoms. The third-order valence-corrected chi connectivity index (χ3v) is 1.52. The molecular weight excluding hydrogens is 158 g/mol. The second-order valence-corrected chi connectivity index (χ2v) is 2.31. The molecule has 2 rings (SSSR count). The van der Waals surface area contributed by atoms with Crippen LogP contribution in [0.4, 0.5) is 0 Å². The van der Waals surface area contributed by atoms with Crippen LogP contribution in [0.15, 0.2) is 18.6 Å². The first-order valence-corrected chi connectivity index (χ1v) is 3.29. The Hall–Kier alpha value is -1.91. The highest BCUT2D eigenvalue weighted by molar-refractivity contribution is 5.91. The van der Waals surface area contributed by atoms with Gasteiger partial charge in [-0.25, -0.2) is 14.8 Å². The average Bonchev–Trinajstić information content (AvgIpc) is 2.46. The number of carboxylic acids is 1. The van der Waals surface area contributed by atoms with E-state index in [1.165, 1.54) is 18.6 Å². The van der Waals surface area contributed by atoms with Crippen molar-refractivity contribution in [3.63, 3.8) is 0 Å². The average molecular weight is 163 g/mol. The molecule has 2 aromatic heterocycles. The van der Waals surface area contributed by atoms with Gasteiger partial charge in [-0.1, -0.05) is 0 Å². The summed E-state index contributed by atoms with van der Waals surface area (Å²) in [7, 11) is 0. The van der Waals surface area contributed by atoms with Crippen LogP contribution in [-0.4, -0.2) is 26.0 Å². The van der Waals surface area contributed by atoms with Crippen LogP contribution in [0.5, 0.6) is 0 Å². The van der Waals surface area contributed by atoms with Crippen molar-refractivity contribution in [3.05, 3.63) is 24.3 Å². The van der Waals surface area contributed by atoms with E-state index in [-0.39, 0.29) is 5.69 Å². The van der Waals surface area contributed by atoms with Crippen molar-refractivity contribution >= 4 is 17.0 Å². The molecule has 0 aromatic carbocycles. The molecule has 0 aliphatic rings. The van der Waals surface area contributed by atoms with Gasteiger partial charge < -0.3 is 10.1 Å². The van der Waals surface area contributed by atoms with E-state index in [1.54, 1.807) is 0 Å². The van der Waals surface area contributed by atoms with Crippen molar-refractivity contribution in [2.75, 3.05) is 0 Å². The van der Waals surface area contributed by atoms with Crippen LogP contribution in [-0.2, 0) is 0 Å². The van der Waals surface area contributed by atoms with Crippen molar-refractivity contribution < 1.29 is 9.90 Å². The van der Waals surface area contributed by atoms with Gasteiger partial charge in [0.25, 0.3) is 0 Å². The lowest BCUT2D eigenvalue weighted by atomic mass is 10.4. The van der Waals surface area contributed by atoms with Crippen molar-refractivity contribution in [2.45, 2.75) is 0 Å². The molecule has 2 aromatic rings. The van der Waals surface area contributed by atoms with Crippen LogP contribution < -0.4 is 0 Å². The van der Waals surface area contributed by atoms with Crippen molar-refractivity contribution in [1.82, 2.24) is 15.0 Å². The molecule has 0 atom stereocenters. The van der Waals surface area contributed by atoms with Crippen LogP contribution in [0.1, 0.15) is 10.5 Å². The molecule has 5 heteroatoms. The number of rotatable bonds is 1. The van der Waals surface area contributed by atoms with Gasteiger partial charge in [0.15, 0.2) is 0 Å². The van der Waals surface area contributed by atoms with Gasteiger partial charge >= 0.3 is 5.97 Å². The Kier molecular flexibility index (Phi) is 1.30. The fourth-order valence-corrected chi connectivity index (χ4v) is 0.984. The number of nitrogens with one attached hydrogen (secondary N) is 1. The zero-order valence-corrected chi connectivity index (χ0v) is 5.98. The topological polar surface area (TPSA) is 78.9 Å². The molecule has 2 N–H and O–H groups in total. The fourth-order valence-electron chi connectivity index (χ4n) is 0.984. The molecule has 12 heavy (non-hydrogen) atoms. The first kappa shape index (κ1) is 6.78. The molecule has 0 amide bonds. The Labute approximate surface area is 67.1 Å². The number of H-pyrrole nitrogens is 1. The van der Waals surface area contributed by atoms with Crippen LogP contribution in [0.25, 0.3) is 11.0 Å². The normalized spacial score (nSPS) is 10.3. The van der Waals surface area contributed by atoms with Crippen LogP contribution >= 0.6 is 0 Å². The third-order valence-electron chi connectivity index (χ3n) is 1.52. The van der Waals surface area contributed by atoms with Crippen LogP contribution in [0.3, 0.4) is 0 Å². The van der Waals surface area contributed by atoms with E-state index >= 15 is 0 Å². The van der Waals surface area contributed by atoms with Crippen molar-refractivity contribution in [1.29, 1.82) is 0 Å². The summed E-state index contributed by atoms with van der Waals surface area (Å²) in [6, 6.07) is 1.47. The van der Waals surface area contributed by atoms with Gasteiger partial charge in [0, 0.05) is 0 Å². The summed E-state index contributed by atoms with van der Waals surface area (Å²) in [4.78, 5) is 20.8. The van der Waals surface area contributed by atoms with Gasteiger partial charge in [0.1, 0.15) is 12.0 Å². The molecule has 2 heterocycles. The highest BCUT2D eigenvalue weighted by atomic mass is 16.4. The quantitative estimate of drug-likeness (QED) is 0.647. The van der Waals surface area contributed by atoms with Crippen molar-refractivity contribution in [2.24, 2.45) is 0 Å². The van der Waals surface area contributed by atoms with Gasteiger partial charge in [-0.05, 0) is 6.07 Å². The Morgan fingerprint density at radius 1 is 1.58 bits per heavy atom. The van der Waals surface area contributed by atoms with Gasteiger partial charge in [-0.2, -0.15) is 0 Å². The fraction of sp³-hybridized carbons (Fsp3) is 0. The van der Waals surface area contributed by atoms with Gasteiger partial charge in [0.05, 0.1) is 17.2 Å². The number of carbonyl (C=O) groups is 1. The Balaban J connectivity index is 2.70. The second kappa shape index (κ2) is 2.30. The lowest BCUT2D eigenvalue weighted by Gasteiger charge is -1.83. The number of carboxylic acid groups (broad SMARTS) is 1. The van der Waals surface area contributed by atoms with Gasteiger partial charge in [-0.3, -0.25) is 0 Å². The smallest absolute Gasteiger partial charge is 0.352 e. The molecule has 0 saturated heterocycles. The maximum Gasteiger partial charge on any atom is 0.352 e. The number of hydrogen-bond donors (Lipinski definition) is 2. The van der Waals surface area contributed by atoms with E-state index in [2.05, 4.69) is 15.0 Å². The van der Waals surface area contributed by atoms with Crippen LogP contribution in [0.2, 0.25) is 0 Å². The number of aromatic amines is 1. The summed E-state index contributed by atoms with van der Waals surface area (Å²) in [5.74, 6) is -0.993. The summed E-state index contributed by atoms with van der Waals surface area (Å²) in [6.45, 7) is 0. The summed E-state index contributed by atoms with van der Waals surface area (Å²) in [5.41, 5.74) is 1.38. The molecular formula is C7H5N3O2. The Morgan fingerprint density at radius 3 is 3.08 bits per heavy atom. The minimum atomic E-state index is -0.993. The largest absolute Gasteiger partial charge is 0.477 e. The Bertz CT molecular complexity index is 402. The molecule has 0 unspecified atom stereocenters. The molecule has 0 fully saturated rings. The molecule has 0 aliphatic carbocycles. The minimum Gasteiger partial charge on any atom is -0.477 e. The first-order chi connectivity index (χ1) is 5.77. The maximum atomic E-state index is 10.5. The summed E-state index contributed by atoms with van der Waals surface area (Å²) in [6.07, 6.45) is 2.91. The molecule has 0 radical (unpaired) electrons. The van der Waals surface area contributed by atoms with Gasteiger partial charge in [0.2, 0.25) is 0 Å². The summed E-state index contributed by atoms with van der Waals surface area (Å²) < 4.78 is 0. The molecule has 0 bridgehead atoms. The summed E-state index contributed by atoms with van der Waals surface area (Å²) >= 11 is 0. The first-order valence-electron chi connectivity index (χ1n) is 3.29. The number of nitrogens with zero attached hydrogens (tertiary/aromatic N) is 2. The molecule has 0 saturated carbocycles. The predicted molar refractivity (Wildman–Crippen MR) is 40.8 cm³/mol. The van der Waals surface area contributed by atoms with E-state index < -0.39 is 5.97 Å².